The summed E-state index contributed by atoms with van der Waals surface area (Å²) in [5, 5.41) is 12.3. The average Bonchev–Trinajstić information content (AvgIpc) is 3.51. The number of methoxy groups -OCH3 is 1. The molecule has 0 aliphatic rings. The number of amides is 1. The van der Waals surface area contributed by atoms with Gasteiger partial charge in [0.15, 0.2) is 11.0 Å². The fraction of sp³-hybridized carbons (Fsp3) is 0.261. The third-order valence-corrected chi connectivity index (χ3v) is 7.02. The van der Waals surface area contributed by atoms with Gasteiger partial charge < -0.3 is 9.64 Å². The summed E-state index contributed by atoms with van der Waals surface area (Å²) in [5.74, 6) is 1.95. The Balaban J connectivity index is 1.64. The summed E-state index contributed by atoms with van der Waals surface area (Å²) >= 11 is 2.99. The molecular formula is C23H24N6O2S2. The molecule has 0 saturated carbocycles. The normalized spacial score (nSPS) is 10.9. The minimum atomic E-state index is -0.0373. The molecule has 33 heavy (non-hydrogen) atoms. The van der Waals surface area contributed by atoms with Crippen molar-refractivity contribution in [1.29, 1.82) is 0 Å². The number of hydrogen-bond acceptors (Lipinski definition) is 8. The second-order valence-corrected chi connectivity index (χ2v) is 8.83. The monoisotopic (exact) mass is 480 g/mol. The lowest BCUT2D eigenvalue weighted by atomic mass is 10.2. The molecule has 170 valence electrons. The number of ether oxygens (including phenoxy) is 1. The van der Waals surface area contributed by atoms with Crippen molar-refractivity contribution in [3.8, 4) is 22.8 Å². The van der Waals surface area contributed by atoms with E-state index in [1.54, 1.807) is 24.4 Å². The fourth-order valence-corrected chi connectivity index (χ4v) is 5.09. The van der Waals surface area contributed by atoms with Crippen LogP contribution in [-0.2, 0) is 5.75 Å². The summed E-state index contributed by atoms with van der Waals surface area (Å²) in [6.07, 6.45) is 3.46. The van der Waals surface area contributed by atoms with E-state index in [1.807, 2.05) is 60.2 Å². The highest BCUT2D eigenvalue weighted by Gasteiger charge is 2.20. The van der Waals surface area contributed by atoms with Gasteiger partial charge in [-0.15, -0.1) is 21.5 Å². The molecule has 10 heteroatoms. The van der Waals surface area contributed by atoms with Crippen molar-refractivity contribution in [2.45, 2.75) is 24.8 Å². The van der Waals surface area contributed by atoms with Gasteiger partial charge in [-0.1, -0.05) is 23.9 Å². The highest BCUT2D eigenvalue weighted by molar-refractivity contribution is 7.98. The minimum Gasteiger partial charge on any atom is -0.495 e. The van der Waals surface area contributed by atoms with Gasteiger partial charge in [0.05, 0.1) is 18.6 Å². The summed E-state index contributed by atoms with van der Waals surface area (Å²) in [4.78, 5) is 23.0. The van der Waals surface area contributed by atoms with Gasteiger partial charge in [0.25, 0.3) is 5.91 Å². The maximum absolute atomic E-state index is 12.6. The molecule has 0 N–H and O–H groups in total. The van der Waals surface area contributed by atoms with Gasteiger partial charge in [0.2, 0.25) is 0 Å². The molecule has 0 fully saturated rings. The maximum Gasteiger partial charge on any atom is 0.273 e. The Labute approximate surface area is 200 Å². The highest BCUT2D eigenvalue weighted by atomic mass is 32.2. The topological polar surface area (TPSA) is 86.0 Å². The number of thiazole rings is 1. The smallest absolute Gasteiger partial charge is 0.273 e. The van der Waals surface area contributed by atoms with E-state index in [4.69, 9.17) is 4.74 Å². The van der Waals surface area contributed by atoms with Crippen LogP contribution in [0.15, 0.2) is 59.3 Å². The average molecular weight is 481 g/mol. The first kappa shape index (κ1) is 22.9. The van der Waals surface area contributed by atoms with Gasteiger partial charge in [0, 0.05) is 36.4 Å². The lowest BCUT2D eigenvalue weighted by Gasteiger charge is -2.16. The third-order valence-electron chi connectivity index (χ3n) is 5.04. The first-order valence-corrected chi connectivity index (χ1v) is 12.4. The summed E-state index contributed by atoms with van der Waals surface area (Å²) in [6.45, 7) is 5.26. The molecule has 0 saturated heterocycles. The molecule has 8 nitrogen and oxygen atoms in total. The zero-order valence-electron chi connectivity index (χ0n) is 18.6. The van der Waals surface area contributed by atoms with Gasteiger partial charge in [-0.2, -0.15) is 0 Å². The van der Waals surface area contributed by atoms with Crippen LogP contribution in [-0.4, -0.2) is 55.7 Å². The Hall–Kier alpha value is -3.24. The van der Waals surface area contributed by atoms with Crippen molar-refractivity contribution < 1.29 is 9.53 Å². The van der Waals surface area contributed by atoms with Crippen LogP contribution in [0.25, 0.3) is 17.1 Å². The molecule has 3 aromatic heterocycles. The SMILES string of the molecule is CCN(CC)C(=O)c1csc(CSc2nnc(-c3ccncc3)n2-c2ccccc2OC)n1. The second-order valence-electron chi connectivity index (χ2n) is 6.94. The summed E-state index contributed by atoms with van der Waals surface area (Å²) in [6, 6.07) is 11.6. The fourth-order valence-electron chi connectivity index (χ4n) is 3.36. The Morgan fingerprint density at radius 3 is 2.61 bits per heavy atom. The van der Waals surface area contributed by atoms with Gasteiger partial charge in [-0.05, 0) is 38.1 Å². The summed E-state index contributed by atoms with van der Waals surface area (Å²) < 4.78 is 7.58. The van der Waals surface area contributed by atoms with Crippen LogP contribution in [0.1, 0.15) is 29.3 Å². The number of para-hydroxylation sites is 2. The molecule has 1 aromatic carbocycles. The van der Waals surface area contributed by atoms with Crippen molar-refractivity contribution in [3.05, 3.63) is 64.9 Å². The standard InChI is InChI=1S/C23H24N6O2S2/c1-4-28(5-2)22(30)17-14-32-20(25-17)15-33-23-27-26-21(16-10-12-24-13-11-16)29(23)18-8-6-7-9-19(18)31-3/h6-14H,4-5,15H2,1-3H3. The molecule has 0 radical (unpaired) electrons. The number of hydrogen-bond donors (Lipinski definition) is 0. The van der Waals surface area contributed by atoms with Crippen LogP contribution in [0.2, 0.25) is 0 Å². The third kappa shape index (κ3) is 4.91. The molecule has 0 aliphatic carbocycles. The summed E-state index contributed by atoms with van der Waals surface area (Å²) in [7, 11) is 1.64. The zero-order chi connectivity index (χ0) is 23.2. The van der Waals surface area contributed by atoms with Crippen molar-refractivity contribution >= 4 is 29.0 Å². The van der Waals surface area contributed by atoms with Crippen LogP contribution >= 0.6 is 23.1 Å². The van der Waals surface area contributed by atoms with Gasteiger partial charge in [0.1, 0.15) is 16.5 Å². The Morgan fingerprint density at radius 2 is 1.88 bits per heavy atom. The molecule has 1 amide bonds. The zero-order valence-corrected chi connectivity index (χ0v) is 20.3. The largest absolute Gasteiger partial charge is 0.495 e. The quantitative estimate of drug-likeness (QED) is 0.324. The Bertz CT molecular complexity index is 1220. The van der Waals surface area contributed by atoms with E-state index in [2.05, 4.69) is 20.2 Å². The lowest BCUT2D eigenvalue weighted by Crippen LogP contribution is -2.30. The Morgan fingerprint density at radius 1 is 1.12 bits per heavy atom. The van der Waals surface area contributed by atoms with Crippen LogP contribution in [0.4, 0.5) is 0 Å². The van der Waals surface area contributed by atoms with Gasteiger partial charge in [-0.25, -0.2) is 4.98 Å². The molecule has 4 aromatic rings. The number of aromatic nitrogens is 5. The number of carbonyl (C=O) groups excluding carboxylic acids is 1. The predicted octanol–water partition coefficient (Wildman–Crippen LogP) is 4.57. The van der Waals surface area contributed by atoms with E-state index in [9.17, 15) is 4.79 Å². The van der Waals surface area contributed by atoms with Crippen LogP contribution < -0.4 is 4.74 Å². The van der Waals surface area contributed by atoms with Crippen molar-refractivity contribution in [2.24, 2.45) is 0 Å². The van der Waals surface area contributed by atoms with Crippen molar-refractivity contribution in [3.63, 3.8) is 0 Å². The van der Waals surface area contributed by atoms with Crippen LogP contribution in [0, 0.1) is 0 Å². The van der Waals surface area contributed by atoms with E-state index < -0.39 is 0 Å². The maximum atomic E-state index is 12.6. The van der Waals surface area contributed by atoms with E-state index in [0.29, 0.717) is 35.5 Å². The van der Waals surface area contributed by atoms with Gasteiger partial charge >= 0.3 is 0 Å². The Kier molecular flexibility index (Phi) is 7.36. The molecular weight excluding hydrogens is 456 g/mol. The highest BCUT2D eigenvalue weighted by Crippen LogP contribution is 2.33. The number of benzene rings is 1. The van der Waals surface area contributed by atoms with Crippen molar-refractivity contribution in [2.75, 3.05) is 20.2 Å². The number of nitrogens with zero attached hydrogens (tertiary/aromatic N) is 6. The van der Waals surface area contributed by atoms with Crippen LogP contribution in [0.5, 0.6) is 5.75 Å². The molecule has 0 bridgehead atoms. The number of thioether (sulfide) groups is 1. The first-order valence-electron chi connectivity index (χ1n) is 10.5. The molecule has 0 unspecified atom stereocenters. The molecule has 3 heterocycles. The van der Waals surface area contributed by atoms with E-state index in [1.165, 1.54) is 23.1 Å². The first-order chi connectivity index (χ1) is 16.2. The van der Waals surface area contributed by atoms with E-state index >= 15 is 0 Å². The lowest BCUT2D eigenvalue weighted by molar-refractivity contribution is 0.0768. The molecule has 0 atom stereocenters. The number of carbonyl (C=O) groups is 1. The molecule has 0 spiro atoms. The summed E-state index contributed by atoms with van der Waals surface area (Å²) in [5.41, 5.74) is 2.23. The van der Waals surface area contributed by atoms with E-state index in [0.717, 1.165) is 22.0 Å². The number of pyridine rings is 1. The van der Waals surface area contributed by atoms with Gasteiger partial charge in [-0.3, -0.25) is 14.3 Å². The number of rotatable bonds is 9. The molecule has 4 rings (SSSR count). The van der Waals surface area contributed by atoms with E-state index in [-0.39, 0.29) is 5.91 Å². The predicted molar refractivity (Wildman–Crippen MR) is 130 cm³/mol. The van der Waals surface area contributed by atoms with Crippen LogP contribution in [0.3, 0.4) is 0 Å². The van der Waals surface area contributed by atoms with Crippen molar-refractivity contribution in [1.82, 2.24) is 29.6 Å². The minimum absolute atomic E-state index is 0.0373. The molecule has 0 aliphatic heterocycles. The second kappa shape index (κ2) is 10.6.